The van der Waals surface area contributed by atoms with Crippen molar-refractivity contribution in [3.05, 3.63) is 34.3 Å². The molecule has 70 valence electrons. The SMILES string of the molecule is COC(=O)Cc1ccc(Cl)cc1C. The Hall–Kier alpha value is -1.02. The summed E-state index contributed by atoms with van der Waals surface area (Å²) in [7, 11) is 1.38. The van der Waals surface area contributed by atoms with Crippen LogP contribution in [0.15, 0.2) is 18.2 Å². The number of methoxy groups -OCH3 is 1. The molecule has 0 radical (unpaired) electrons. The van der Waals surface area contributed by atoms with E-state index >= 15 is 0 Å². The first-order chi connectivity index (χ1) is 6.13. The second-order valence-electron chi connectivity index (χ2n) is 2.82. The lowest BCUT2D eigenvalue weighted by Crippen LogP contribution is -2.05. The Labute approximate surface area is 82.5 Å². The van der Waals surface area contributed by atoms with Gasteiger partial charge in [-0.25, -0.2) is 0 Å². The zero-order chi connectivity index (χ0) is 9.84. The van der Waals surface area contributed by atoms with Crippen molar-refractivity contribution in [2.45, 2.75) is 13.3 Å². The summed E-state index contributed by atoms with van der Waals surface area (Å²) in [6.07, 6.45) is 0.305. The molecule has 0 atom stereocenters. The summed E-state index contributed by atoms with van der Waals surface area (Å²) in [5, 5.41) is 0.686. The van der Waals surface area contributed by atoms with Crippen molar-refractivity contribution in [2.75, 3.05) is 7.11 Å². The number of esters is 1. The van der Waals surface area contributed by atoms with Crippen molar-refractivity contribution in [3.8, 4) is 0 Å². The normalized spacial score (nSPS) is 9.77. The lowest BCUT2D eigenvalue weighted by Gasteiger charge is -2.04. The topological polar surface area (TPSA) is 26.3 Å². The van der Waals surface area contributed by atoms with Crippen LogP contribution in [-0.2, 0) is 16.0 Å². The third kappa shape index (κ3) is 2.74. The first-order valence-electron chi connectivity index (χ1n) is 3.95. The van der Waals surface area contributed by atoms with Gasteiger partial charge in [0.2, 0.25) is 0 Å². The van der Waals surface area contributed by atoms with Crippen LogP contribution in [0.4, 0.5) is 0 Å². The Bertz CT molecular complexity index is 321. The fourth-order valence-corrected chi connectivity index (χ4v) is 1.31. The zero-order valence-electron chi connectivity index (χ0n) is 7.63. The first-order valence-corrected chi connectivity index (χ1v) is 4.33. The van der Waals surface area contributed by atoms with E-state index in [2.05, 4.69) is 4.74 Å². The summed E-state index contributed by atoms with van der Waals surface area (Å²) in [5.41, 5.74) is 1.97. The highest BCUT2D eigenvalue weighted by atomic mass is 35.5. The number of ether oxygens (including phenoxy) is 1. The highest BCUT2D eigenvalue weighted by Crippen LogP contribution is 2.15. The van der Waals surface area contributed by atoms with Gasteiger partial charge in [-0.2, -0.15) is 0 Å². The summed E-state index contributed by atoms with van der Waals surface area (Å²) < 4.78 is 4.57. The van der Waals surface area contributed by atoms with Crippen LogP contribution in [0.1, 0.15) is 11.1 Å². The second kappa shape index (κ2) is 4.28. The molecule has 0 heterocycles. The molecule has 0 N–H and O–H groups in total. The van der Waals surface area contributed by atoms with E-state index < -0.39 is 0 Å². The minimum atomic E-state index is -0.231. The highest BCUT2D eigenvalue weighted by Gasteiger charge is 2.05. The Morgan fingerprint density at radius 1 is 1.54 bits per heavy atom. The molecular formula is C10H11ClO2. The lowest BCUT2D eigenvalue weighted by atomic mass is 10.1. The maximum Gasteiger partial charge on any atom is 0.309 e. The predicted octanol–water partition coefficient (Wildman–Crippen LogP) is 2.36. The molecule has 0 aliphatic heterocycles. The molecule has 0 aromatic heterocycles. The molecular weight excluding hydrogens is 188 g/mol. The van der Waals surface area contributed by atoms with Crippen molar-refractivity contribution in [2.24, 2.45) is 0 Å². The molecule has 0 bridgehead atoms. The van der Waals surface area contributed by atoms with Gasteiger partial charge in [0.15, 0.2) is 0 Å². The van der Waals surface area contributed by atoms with Crippen LogP contribution in [0.2, 0.25) is 5.02 Å². The molecule has 1 aromatic rings. The van der Waals surface area contributed by atoms with Crippen molar-refractivity contribution >= 4 is 17.6 Å². The molecule has 0 unspecified atom stereocenters. The van der Waals surface area contributed by atoms with Gasteiger partial charge in [0.05, 0.1) is 13.5 Å². The van der Waals surface area contributed by atoms with Gasteiger partial charge in [0.1, 0.15) is 0 Å². The molecule has 0 aliphatic carbocycles. The molecule has 0 saturated carbocycles. The van der Waals surface area contributed by atoms with Gasteiger partial charge in [-0.3, -0.25) is 4.79 Å². The number of halogens is 1. The van der Waals surface area contributed by atoms with Crippen LogP contribution >= 0.6 is 11.6 Å². The third-order valence-electron chi connectivity index (χ3n) is 1.87. The monoisotopic (exact) mass is 198 g/mol. The van der Waals surface area contributed by atoms with Crippen LogP contribution in [0.3, 0.4) is 0 Å². The Kier molecular flexibility index (Phi) is 3.32. The van der Waals surface area contributed by atoms with Crippen LogP contribution in [0.25, 0.3) is 0 Å². The summed E-state index contributed by atoms with van der Waals surface area (Å²) in [6, 6.07) is 5.45. The predicted molar refractivity (Wildman–Crippen MR) is 51.9 cm³/mol. The van der Waals surface area contributed by atoms with E-state index in [0.717, 1.165) is 11.1 Å². The molecule has 0 fully saturated rings. The number of hydrogen-bond acceptors (Lipinski definition) is 2. The van der Waals surface area contributed by atoms with Crippen molar-refractivity contribution < 1.29 is 9.53 Å². The average Bonchev–Trinajstić information content (AvgIpc) is 2.09. The van der Waals surface area contributed by atoms with Crippen LogP contribution in [0, 0.1) is 6.92 Å². The summed E-state index contributed by atoms with van der Waals surface area (Å²) in [4.78, 5) is 11.0. The fraction of sp³-hybridized carbons (Fsp3) is 0.300. The molecule has 0 spiro atoms. The van der Waals surface area contributed by atoms with Crippen LogP contribution in [0.5, 0.6) is 0 Å². The number of rotatable bonds is 2. The van der Waals surface area contributed by atoms with Gasteiger partial charge >= 0.3 is 5.97 Å². The smallest absolute Gasteiger partial charge is 0.309 e. The number of carbonyl (C=O) groups is 1. The Balaban J connectivity index is 2.83. The molecule has 2 nitrogen and oxygen atoms in total. The summed E-state index contributed by atoms with van der Waals surface area (Å²) in [6.45, 7) is 1.92. The van der Waals surface area contributed by atoms with E-state index in [1.807, 2.05) is 19.1 Å². The number of aryl methyl sites for hydroxylation is 1. The van der Waals surface area contributed by atoms with Crippen molar-refractivity contribution in [1.29, 1.82) is 0 Å². The molecule has 0 amide bonds. The molecule has 1 aromatic carbocycles. The molecule has 1 rings (SSSR count). The summed E-state index contributed by atoms with van der Waals surface area (Å²) in [5.74, 6) is -0.231. The van der Waals surface area contributed by atoms with Crippen molar-refractivity contribution in [1.82, 2.24) is 0 Å². The minimum Gasteiger partial charge on any atom is -0.469 e. The van der Waals surface area contributed by atoms with E-state index in [9.17, 15) is 4.79 Å². The van der Waals surface area contributed by atoms with Gasteiger partial charge in [-0.05, 0) is 30.2 Å². The third-order valence-corrected chi connectivity index (χ3v) is 2.10. The molecule has 13 heavy (non-hydrogen) atoms. The maximum absolute atomic E-state index is 11.0. The number of benzene rings is 1. The van der Waals surface area contributed by atoms with Gasteiger partial charge in [-0.15, -0.1) is 0 Å². The zero-order valence-corrected chi connectivity index (χ0v) is 8.39. The average molecular weight is 199 g/mol. The first kappa shape index (κ1) is 10.1. The maximum atomic E-state index is 11.0. The van der Waals surface area contributed by atoms with Gasteiger partial charge in [0, 0.05) is 5.02 Å². The van der Waals surface area contributed by atoms with Crippen LogP contribution in [-0.4, -0.2) is 13.1 Å². The van der Waals surface area contributed by atoms with E-state index in [1.54, 1.807) is 6.07 Å². The molecule has 3 heteroatoms. The van der Waals surface area contributed by atoms with Gasteiger partial charge < -0.3 is 4.74 Å². The minimum absolute atomic E-state index is 0.231. The summed E-state index contributed by atoms with van der Waals surface area (Å²) >= 11 is 5.77. The standard InChI is InChI=1S/C10H11ClO2/c1-7-5-9(11)4-3-8(7)6-10(12)13-2/h3-5H,6H2,1-2H3. The lowest BCUT2D eigenvalue weighted by molar-refractivity contribution is -0.139. The van der Waals surface area contributed by atoms with Gasteiger partial charge in [0.25, 0.3) is 0 Å². The Morgan fingerprint density at radius 2 is 2.23 bits per heavy atom. The molecule has 0 aliphatic rings. The van der Waals surface area contributed by atoms with Crippen LogP contribution < -0.4 is 0 Å². The largest absolute Gasteiger partial charge is 0.469 e. The number of carbonyl (C=O) groups excluding carboxylic acids is 1. The van der Waals surface area contributed by atoms with E-state index in [-0.39, 0.29) is 5.97 Å². The van der Waals surface area contributed by atoms with E-state index in [1.165, 1.54) is 7.11 Å². The van der Waals surface area contributed by atoms with Crippen molar-refractivity contribution in [3.63, 3.8) is 0 Å². The second-order valence-corrected chi connectivity index (χ2v) is 3.26. The molecule has 0 saturated heterocycles. The van der Waals surface area contributed by atoms with E-state index in [0.29, 0.717) is 11.4 Å². The van der Waals surface area contributed by atoms with E-state index in [4.69, 9.17) is 11.6 Å². The highest BCUT2D eigenvalue weighted by molar-refractivity contribution is 6.30. The number of hydrogen-bond donors (Lipinski definition) is 0. The Morgan fingerprint density at radius 3 is 2.77 bits per heavy atom. The van der Waals surface area contributed by atoms with Gasteiger partial charge in [-0.1, -0.05) is 17.7 Å². The quantitative estimate of drug-likeness (QED) is 0.682. The fourth-order valence-electron chi connectivity index (χ4n) is 1.09.